The van der Waals surface area contributed by atoms with Gasteiger partial charge in [0.1, 0.15) is 11.8 Å². The van der Waals surface area contributed by atoms with Crippen LogP contribution in [0.3, 0.4) is 0 Å². The summed E-state index contributed by atoms with van der Waals surface area (Å²) in [6.45, 7) is 12.0. The lowest BCUT2D eigenvalue weighted by molar-refractivity contribution is -0.142. The van der Waals surface area contributed by atoms with Crippen molar-refractivity contribution in [2.75, 3.05) is 6.61 Å². The van der Waals surface area contributed by atoms with E-state index in [1.165, 1.54) is 5.56 Å². The Morgan fingerprint density at radius 1 is 1.03 bits per heavy atom. The van der Waals surface area contributed by atoms with Crippen molar-refractivity contribution < 1.29 is 14.3 Å². The average molecular weight is 411 g/mol. The molecule has 30 heavy (non-hydrogen) atoms. The molecule has 0 heterocycles. The first-order valence-electron chi connectivity index (χ1n) is 10.6. The summed E-state index contributed by atoms with van der Waals surface area (Å²) in [5, 5.41) is 2.98. The second kappa shape index (κ2) is 10.8. The van der Waals surface area contributed by atoms with Crippen LogP contribution in [-0.4, -0.2) is 35.4 Å². The van der Waals surface area contributed by atoms with E-state index in [9.17, 15) is 9.59 Å². The molecule has 0 aliphatic heterocycles. The monoisotopic (exact) mass is 410 g/mol. The van der Waals surface area contributed by atoms with Gasteiger partial charge in [-0.05, 0) is 69.9 Å². The van der Waals surface area contributed by atoms with Crippen LogP contribution in [0.25, 0.3) is 0 Å². The summed E-state index contributed by atoms with van der Waals surface area (Å²) in [6, 6.07) is 13.2. The van der Waals surface area contributed by atoms with E-state index in [1.807, 2.05) is 77.1 Å². The van der Waals surface area contributed by atoms with Gasteiger partial charge in [-0.2, -0.15) is 0 Å². The fourth-order valence-electron chi connectivity index (χ4n) is 3.09. The summed E-state index contributed by atoms with van der Waals surface area (Å²) in [7, 11) is 0. The molecule has 0 fully saturated rings. The molecule has 2 rings (SSSR count). The Labute approximate surface area is 180 Å². The number of ether oxygens (including phenoxy) is 1. The van der Waals surface area contributed by atoms with Crippen LogP contribution in [-0.2, 0) is 16.1 Å². The zero-order valence-corrected chi connectivity index (χ0v) is 19.0. The third kappa shape index (κ3) is 6.61. The minimum absolute atomic E-state index is 0.0580. The van der Waals surface area contributed by atoms with Crippen molar-refractivity contribution >= 4 is 11.8 Å². The normalized spacial score (nSPS) is 12.7. The average Bonchev–Trinajstić information content (AvgIpc) is 2.72. The van der Waals surface area contributed by atoms with Crippen molar-refractivity contribution in [1.29, 1.82) is 0 Å². The van der Waals surface area contributed by atoms with Crippen molar-refractivity contribution in [2.45, 2.75) is 66.6 Å². The Hall–Kier alpha value is -2.82. The number of aryl methyl sites for hydroxylation is 3. The van der Waals surface area contributed by atoms with Crippen LogP contribution in [0.2, 0.25) is 0 Å². The van der Waals surface area contributed by atoms with Gasteiger partial charge in [0.05, 0.1) is 0 Å². The first-order chi connectivity index (χ1) is 14.2. The molecule has 0 aliphatic rings. The molecule has 0 aromatic heterocycles. The molecule has 0 saturated carbocycles. The number of nitrogens with zero attached hydrogens (tertiary/aromatic N) is 1. The summed E-state index contributed by atoms with van der Waals surface area (Å²) in [6.07, 6.45) is 0.834. The van der Waals surface area contributed by atoms with Crippen LogP contribution in [0.5, 0.6) is 5.75 Å². The van der Waals surface area contributed by atoms with E-state index in [1.54, 1.807) is 11.8 Å². The van der Waals surface area contributed by atoms with Gasteiger partial charge in [-0.3, -0.25) is 9.59 Å². The van der Waals surface area contributed by atoms with Crippen molar-refractivity contribution in [2.24, 2.45) is 0 Å². The van der Waals surface area contributed by atoms with Crippen molar-refractivity contribution in [3.05, 3.63) is 64.7 Å². The van der Waals surface area contributed by atoms with Crippen LogP contribution in [0.1, 0.15) is 49.4 Å². The lowest BCUT2D eigenvalue weighted by atomic mass is 10.1. The summed E-state index contributed by atoms with van der Waals surface area (Å²) in [4.78, 5) is 27.4. The quantitative estimate of drug-likeness (QED) is 0.670. The summed E-state index contributed by atoms with van der Waals surface area (Å²) in [5.41, 5.74) is 4.38. The molecule has 5 nitrogen and oxygen atoms in total. The molecular formula is C25H34N2O3. The van der Waals surface area contributed by atoms with Gasteiger partial charge in [0.2, 0.25) is 5.91 Å². The SMILES string of the molecule is CCC(C)NC(=O)C(C)N(Cc1cccc(C)c1)C(=O)COc1ccc(C)c(C)c1. The molecule has 0 spiro atoms. The number of hydrogen-bond acceptors (Lipinski definition) is 3. The Kier molecular flexibility index (Phi) is 8.46. The van der Waals surface area contributed by atoms with Gasteiger partial charge in [0, 0.05) is 12.6 Å². The van der Waals surface area contributed by atoms with E-state index in [0.717, 1.165) is 23.1 Å². The van der Waals surface area contributed by atoms with Crippen LogP contribution in [0, 0.1) is 20.8 Å². The molecule has 2 unspecified atom stereocenters. The molecule has 1 N–H and O–H groups in total. The first kappa shape index (κ1) is 23.5. The number of nitrogens with one attached hydrogen (secondary N) is 1. The molecule has 2 aromatic carbocycles. The van der Waals surface area contributed by atoms with Crippen molar-refractivity contribution in [3.8, 4) is 5.75 Å². The smallest absolute Gasteiger partial charge is 0.261 e. The van der Waals surface area contributed by atoms with Crippen LogP contribution in [0.4, 0.5) is 0 Å². The van der Waals surface area contributed by atoms with Gasteiger partial charge in [0.25, 0.3) is 5.91 Å². The topological polar surface area (TPSA) is 58.6 Å². The van der Waals surface area contributed by atoms with E-state index < -0.39 is 6.04 Å². The van der Waals surface area contributed by atoms with Gasteiger partial charge in [-0.25, -0.2) is 0 Å². The second-order valence-electron chi connectivity index (χ2n) is 8.04. The van der Waals surface area contributed by atoms with Gasteiger partial charge >= 0.3 is 0 Å². The lowest BCUT2D eigenvalue weighted by Gasteiger charge is -2.29. The molecule has 2 aromatic rings. The minimum Gasteiger partial charge on any atom is -0.484 e. The highest BCUT2D eigenvalue weighted by atomic mass is 16.5. The van der Waals surface area contributed by atoms with Crippen LogP contribution in [0.15, 0.2) is 42.5 Å². The maximum atomic E-state index is 13.1. The molecule has 2 atom stereocenters. The number of carbonyl (C=O) groups excluding carboxylic acids is 2. The molecule has 162 valence electrons. The molecule has 0 bridgehead atoms. The Balaban J connectivity index is 2.16. The van der Waals surface area contributed by atoms with Crippen LogP contribution < -0.4 is 10.1 Å². The zero-order chi connectivity index (χ0) is 22.3. The zero-order valence-electron chi connectivity index (χ0n) is 19.0. The Morgan fingerprint density at radius 3 is 2.40 bits per heavy atom. The molecule has 2 amide bonds. The second-order valence-corrected chi connectivity index (χ2v) is 8.04. The summed E-state index contributed by atoms with van der Waals surface area (Å²) < 4.78 is 5.76. The molecule has 0 radical (unpaired) electrons. The van der Waals surface area contributed by atoms with E-state index in [2.05, 4.69) is 5.32 Å². The largest absolute Gasteiger partial charge is 0.484 e. The minimum atomic E-state index is -0.602. The standard InChI is InChI=1S/C25H34N2O3/c1-7-20(5)26-25(29)21(6)27(15-22-10-8-9-17(2)13-22)24(28)16-30-23-12-11-18(3)19(4)14-23/h8-14,20-21H,7,15-16H2,1-6H3,(H,26,29). The predicted molar refractivity (Wildman–Crippen MR) is 120 cm³/mol. The molecular weight excluding hydrogens is 376 g/mol. The number of hydrogen-bond donors (Lipinski definition) is 1. The number of rotatable bonds is 9. The number of carbonyl (C=O) groups is 2. The van der Waals surface area contributed by atoms with Gasteiger partial charge < -0.3 is 15.0 Å². The maximum absolute atomic E-state index is 13.1. The fraction of sp³-hybridized carbons (Fsp3) is 0.440. The predicted octanol–water partition coefficient (Wildman–Crippen LogP) is 4.32. The third-order valence-electron chi connectivity index (χ3n) is 5.44. The van der Waals surface area contributed by atoms with E-state index in [4.69, 9.17) is 4.74 Å². The van der Waals surface area contributed by atoms with Crippen LogP contribution >= 0.6 is 0 Å². The lowest BCUT2D eigenvalue weighted by Crippen LogP contribution is -2.50. The van der Waals surface area contributed by atoms with Crippen molar-refractivity contribution in [3.63, 3.8) is 0 Å². The van der Waals surface area contributed by atoms with Gasteiger partial charge in [-0.1, -0.05) is 42.8 Å². The summed E-state index contributed by atoms with van der Waals surface area (Å²) in [5.74, 6) is 0.275. The van der Waals surface area contributed by atoms with Crippen molar-refractivity contribution in [1.82, 2.24) is 10.2 Å². The van der Waals surface area contributed by atoms with E-state index in [-0.39, 0.29) is 24.5 Å². The van der Waals surface area contributed by atoms with E-state index >= 15 is 0 Å². The Bertz CT molecular complexity index is 878. The maximum Gasteiger partial charge on any atom is 0.261 e. The summed E-state index contributed by atoms with van der Waals surface area (Å²) >= 11 is 0. The molecule has 0 aliphatic carbocycles. The highest BCUT2D eigenvalue weighted by Crippen LogP contribution is 2.17. The molecule has 5 heteroatoms. The number of benzene rings is 2. The van der Waals surface area contributed by atoms with Gasteiger partial charge in [-0.15, -0.1) is 0 Å². The number of amides is 2. The first-order valence-corrected chi connectivity index (χ1v) is 10.6. The highest BCUT2D eigenvalue weighted by Gasteiger charge is 2.27. The van der Waals surface area contributed by atoms with Gasteiger partial charge in [0.15, 0.2) is 6.61 Å². The third-order valence-corrected chi connectivity index (χ3v) is 5.44. The Morgan fingerprint density at radius 2 is 1.77 bits per heavy atom. The highest BCUT2D eigenvalue weighted by molar-refractivity contribution is 5.88. The molecule has 0 saturated heterocycles. The van der Waals surface area contributed by atoms with E-state index in [0.29, 0.717) is 12.3 Å². The fourth-order valence-corrected chi connectivity index (χ4v) is 3.09.